The Balaban J connectivity index is 1.37. The van der Waals surface area contributed by atoms with Crippen LogP contribution >= 0.6 is 0 Å². The Kier molecular flexibility index (Phi) is 9.64. The first-order valence-electron chi connectivity index (χ1n) is 15.6. The first-order chi connectivity index (χ1) is 21.1. The van der Waals surface area contributed by atoms with Crippen molar-refractivity contribution in [3.8, 4) is 0 Å². The van der Waals surface area contributed by atoms with Crippen LogP contribution in [0.1, 0.15) is 89.5 Å². The van der Waals surface area contributed by atoms with Crippen molar-refractivity contribution in [2.24, 2.45) is 5.73 Å². The van der Waals surface area contributed by atoms with Crippen molar-refractivity contribution in [1.82, 2.24) is 15.2 Å². The molecule has 3 aromatic rings. The summed E-state index contributed by atoms with van der Waals surface area (Å²) in [5.74, 6) is -0.442. The molecule has 1 saturated carbocycles. The first kappa shape index (κ1) is 31.2. The molecular formula is C35H44N6O3. The number of benzene rings is 2. The van der Waals surface area contributed by atoms with E-state index in [9.17, 15) is 14.4 Å². The quantitative estimate of drug-likeness (QED) is 0.369. The lowest BCUT2D eigenvalue weighted by Gasteiger charge is -2.28. The van der Waals surface area contributed by atoms with Gasteiger partial charge in [0.25, 0.3) is 17.7 Å². The molecule has 0 spiro atoms. The van der Waals surface area contributed by atoms with Gasteiger partial charge in [0.1, 0.15) is 0 Å². The third kappa shape index (κ3) is 7.63. The number of hydrogen-bond acceptors (Lipinski definition) is 6. The normalized spacial score (nSPS) is 19.2. The van der Waals surface area contributed by atoms with Crippen LogP contribution in [0, 0.1) is 0 Å². The molecule has 44 heavy (non-hydrogen) atoms. The highest BCUT2D eigenvalue weighted by Crippen LogP contribution is 2.30. The van der Waals surface area contributed by atoms with E-state index in [1.807, 2.05) is 41.3 Å². The number of pyridine rings is 1. The standard InChI is InChI=1S/C35H44N6O3/c1-35(2,3)27-10-7-24(8-11-27)32(42)39-30-22-25(33(43)38-29-14-12-28(36)13-15-29)9-16-31(30)40-18-5-19-41(21-20-40)34(44)26-6-4-17-37-23-26/h4,6-11,16-17,22-23,28-29H,5,12-15,18-21,36H2,1-3H3,(H,38,43)(H,39,42). The van der Waals surface area contributed by atoms with Crippen molar-refractivity contribution < 1.29 is 14.4 Å². The second kappa shape index (κ2) is 13.6. The van der Waals surface area contributed by atoms with Gasteiger partial charge >= 0.3 is 0 Å². The van der Waals surface area contributed by atoms with Gasteiger partial charge in [-0.3, -0.25) is 19.4 Å². The summed E-state index contributed by atoms with van der Waals surface area (Å²) in [5.41, 5.74) is 10.2. The minimum absolute atomic E-state index is 0.0215. The third-order valence-corrected chi connectivity index (χ3v) is 8.66. The van der Waals surface area contributed by atoms with Crippen LogP contribution in [0.4, 0.5) is 11.4 Å². The maximum atomic E-state index is 13.5. The fraction of sp³-hybridized carbons (Fsp3) is 0.429. The molecule has 2 aliphatic rings. The Morgan fingerprint density at radius 2 is 1.57 bits per heavy atom. The minimum atomic E-state index is -0.242. The fourth-order valence-corrected chi connectivity index (χ4v) is 5.93. The van der Waals surface area contributed by atoms with Gasteiger partial charge < -0.3 is 26.2 Å². The molecule has 0 atom stereocenters. The van der Waals surface area contributed by atoms with Crippen LogP contribution in [0.25, 0.3) is 0 Å². The van der Waals surface area contributed by atoms with Crippen LogP contribution in [0.5, 0.6) is 0 Å². The highest BCUT2D eigenvalue weighted by molar-refractivity contribution is 6.07. The molecule has 0 unspecified atom stereocenters. The van der Waals surface area contributed by atoms with Crippen molar-refractivity contribution >= 4 is 29.1 Å². The number of nitrogens with one attached hydrogen (secondary N) is 2. The molecule has 3 amide bonds. The van der Waals surface area contributed by atoms with E-state index >= 15 is 0 Å². The second-order valence-corrected chi connectivity index (χ2v) is 13.0. The summed E-state index contributed by atoms with van der Waals surface area (Å²) >= 11 is 0. The molecule has 1 saturated heterocycles. The Morgan fingerprint density at radius 3 is 2.25 bits per heavy atom. The maximum absolute atomic E-state index is 13.5. The van der Waals surface area contributed by atoms with Crippen LogP contribution in [0.2, 0.25) is 0 Å². The van der Waals surface area contributed by atoms with Crippen molar-refractivity contribution in [2.75, 3.05) is 36.4 Å². The number of aromatic nitrogens is 1. The van der Waals surface area contributed by atoms with Crippen LogP contribution in [0.3, 0.4) is 0 Å². The highest BCUT2D eigenvalue weighted by Gasteiger charge is 2.25. The number of carbonyl (C=O) groups excluding carboxylic acids is 3. The zero-order valence-corrected chi connectivity index (χ0v) is 26.0. The summed E-state index contributed by atoms with van der Waals surface area (Å²) in [7, 11) is 0. The molecule has 4 N–H and O–H groups in total. The summed E-state index contributed by atoms with van der Waals surface area (Å²) < 4.78 is 0. The predicted octanol–water partition coefficient (Wildman–Crippen LogP) is 4.98. The third-order valence-electron chi connectivity index (χ3n) is 8.66. The summed E-state index contributed by atoms with van der Waals surface area (Å²) in [6, 6.07) is 17.0. The van der Waals surface area contributed by atoms with Gasteiger partial charge in [-0.1, -0.05) is 32.9 Å². The van der Waals surface area contributed by atoms with E-state index in [0.29, 0.717) is 48.6 Å². The molecule has 232 valence electrons. The predicted molar refractivity (Wildman–Crippen MR) is 174 cm³/mol. The number of carbonyl (C=O) groups is 3. The summed E-state index contributed by atoms with van der Waals surface area (Å²) in [6.45, 7) is 8.85. The van der Waals surface area contributed by atoms with Crippen molar-refractivity contribution in [2.45, 2.75) is 70.4 Å². The second-order valence-electron chi connectivity index (χ2n) is 13.0. The summed E-state index contributed by atoms with van der Waals surface area (Å²) in [6.07, 6.45) is 7.54. The lowest BCUT2D eigenvalue weighted by Crippen LogP contribution is -2.40. The Bertz CT molecular complexity index is 1460. The van der Waals surface area contributed by atoms with Gasteiger partial charge in [-0.25, -0.2) is 0 Å². The molecule has 5 rings (SSSR count). The van der Waals surface area contributed by atoms with Gasteiger partial charge in [0.05, 0.1) is 16.9 Å². The molecule has 9 nitrogen and oxygen atoms in total. The molecule has 2 aromatic carbocycles. The van der Waals surface area contributed by atoms with Crippen molar-refractivity contribution in [1.29, 1.82) is 0 Å². The average molecular weight is 597 g/mol. The monoisotopic (exact) mass is 596 g/mol. The first-order valence-corrected chi connectivity index (χ1v) is 15.6. The smallest absolute Gasteiger partial charge is 0.255 e. The fourth-order valence-electron chi connectivity index (χ4n) is 5.93. The van der Waals surface area contributed by atoms with Crippen LogP contribution in [0.15, 0.2) is 67.0 Å². The van der Waals surface area contributed by atoms with E-state index in [1.165, 1.54) is 0 Å². The van der Waals surface area contributed by atoms with E-state index in [2.05, 4.69) is 41.3 Å². The molecule has 9 heteroatoms. The molecular weight excluding hydrogens is 552 g/mol. The van der Waals surface area contributed by atoms with Crippen LogP contribution in [-0.2, 0) is 5.41 Å². The number of nitrogens with two attached hydrogens (primary N) is 1. The van der Waals surface area contributed by atoms with Gasteiger partial charge in [0, 0.05) is 61.8 Å². The molecule has 1 aromatic heterocycles. The molecule has 2 heterocycles. The van der Waals surface area contributed by atoms with E-state index in [0.717, 1.165) is 43.4 Å². The van der Waals surface area contributed by atoms with Crippen molar-refractivity contribution in [3.63, 3.8) is 0 Å². The summed E-state index contributed by atoms with van der Waals surface area (Å²) in [4.78, 5) is 48.1. The number of rotatable bonds is 6. The van der Waals surface area contributed by atoms with Gasteiger partial charge in [0.15, 0.2) is 0 Å². The lowest BCUT2D eigenvalue weighted by atomic mass is 9.86. The lowest BCUT2D eigenvalue weighted by molar-refractivity contribution is 0.0766. The Labute approximate surface area is 260 Å². The Hall–Kier alpha value is -4.24. The number of amides is 3. The zero-order chi connectivity index (χ0) is 31.3. The van der Waals surface area contributed by atoms with E-state index in [4.69, 9.17) is 5.73 Å². The van der Waals surface area contributed by atoms with Crippen LogP contribution < -0.4 is 21.3 Å². The zero-order valence-electron chi connectivity index (χ0n) is 26.0. The molecule has 1 aliphatic heterocycles. The van der Waals surface area contributed by atoms with E-state index < -0.39 is 0 Å². The summed E-state index contributed by atoms with van der Waals surface area (Å²) in [5, 5.41) is 6.26. The Morgan fingerprint density at radius 1 is 0.841 bits per heavy atom. The number of hydrogen-bond donors (Lipinski definition) is 3. The number of anilines is 2. The largest absolute Gasteiger partial charge is 0.368 e. The topological polar surface area (TPSA) is 121 Å². The van der Waals surface area contributed by atoms with Crippen molar-refractivity contribution in [3.05, 3.63) is 89.2 Å². The maximum Gasteiger partial charge on any atom is 0.255 e. The highest BCUT2D eigenvalue weighted by atomic mass is 16.2. The molecule has 2 fully saturated rings. The molecule has 0 bridgehead atoms. The van der Waals surface area contributed by atoms with Gasteiger partial charge in [0.2, 0.25) is 0 Å². The van der Waals surface area contributed by atoms with E-state index in [-0.39, 0.29) is 35.2 Å². The van der Waals surface area contributed by atoms with E-state index in [1.54, 1.807) is 30.6 Å². The molecule has 0 radical (unpaired) electrons. The molecule has 1 aliphatic carbocycles. The SMILES string of the molecule is CC(C)(C)c1ccc(C(=O)Nc2cc(C(=O)NC3CCC(N)CC3)ccc2N2CCCN(C(=O)c3cccnc3)CC2)cc1. The van der Waals surface area contributed by atoms with Gasteiger partial charge in [-0.2, -0.15) is 0 Å². The van der Waals surface area contributed by atoms with Gasteiger partial charge in [-0.05, 0) is 85.5 Å². The number of nitrogens with zero attached hydrogens (tertiary/aromatic N) is 3. The average Bonchev–Trinajstić information content (AvgIpc) is 3.28. The minimum Gasteiger partial charge on any atom is -0.368 e. The van der Waals surface area contributed by atoms with Gasteiger partial charge in [-0.15, -0.1) is 0 Å². The van der Waals surface area contributed by atoms with Crippen LogP contribution in [-0.4, -0.2) is 65.9 Å².